The molecule has 0 aliphatic heterocycles. The van der Waals surface area contributed by atoms with Crippen molar-refractivity contribution >= 4 is 5.97 Å². The molecule has 0 unspecified atom stereocenters. The lowest BCUT2D eigenvalue weighted by Gasteiger charge is -2.55. The lowest BCUT2D eigenvalue weighted by atomic mass is 9.49. The van der Waals surface area contributed by atoms with E-state index in [4.69, 9.17) is 4.74 Å². The molecule has 0 bridgehead atoms. The van der Waals surface area contributed by atoms with Crippen LogP contribution in [-0.2, 0) is 9.53 Å². The van der Waals surface area contributed by atoms with Crippen LogP contribution in [0.5, 0.6) is 0 Å². The first-order valence-electron chi connectivity index (χ1n) is 16.3. The minimum absolute atomic E-state index is 0.183. The van der Waals surface area contributed by atoms with Crippen LogP contribution >= 0.6 is 0 Å². The third-order valence-corrected chi connectivity index (χ3v) is 10.7. The highest BCUT2D eigenvalue weighted by Gasteiger charge is 2.57. The first kappa shape index (κ1) is 29.0. The van der Waals surface area contributed by atoms with Crippen LogP contribution in [0.15, 0.2) is 0 Å². The maximum Gasteiger partial charge on any atom is 0.312 e. The van der Waals surface area contributed by atoms with E-state index < -0.39 is 0 Å². The number of hydrogen-bond donors (Lipinski definition) is 0. The van der Waals surface area contributed by atoms with Gasteiger partial charge in [0.05, 0.1) is 12.0 Å². The third kappa shape index (κ3) is 7.98. The van der Waals surface area contributed by atoms with Gasteiger partial charge in [-0.3, -0.25) is 4.79 Å². The van der Waals surface area contributed by atoms with Crippen LogP contribution in [0.1, 0.15) is 174 Å². The first-order valence-corrected chi connectivity index (χ1v) is 16.3. The minimum Gasteiger partial charge on any atom is -0.465 e. The van der Waals surface area contributed by atoms with Gasteiger partial charge in [-0.1, -0.05) is 123 Å². The fourth-order valence-electron chi connectivity index (χ4n) is 8.39. The number of carbonyl (C=O) groups excluding carboxylic acids is 1. The summed E-state index contributed by atoms with van der Waals surface area (Å²) in [5.74, 6) is 2.11. The molecule has 35 heavy (non-hydrogen) atoms. The number of unbranched alkanes of at least 4 members (excludes halogenated alkanes) is 8. The van der Waals surface area contributed by atoms with Crippen molar-refractivity contribution in [3.05, 3.63) is 0 Å². The molecule has 2 heteroatoms. The van der Waals surface area contributed by atoms with Gasteiger partial charge in [0.1, 0.15) is 0 Å². The Morgan fingerprint density at radius 3 is 1.80 bits per heavy atom. The van der Waals surface area contributed by atoms with Crippen LogP contribution in [-0.4, -0.2) is 12.6 Å². The van der Waals surface area contributed by atoms with E-state index in [0.29, 0.717) is 6.61 Å². The average Bonchev–Trinajstić information content (AvgIpc) is 2.91. The van der Waals surface area contributed by atoms with Crippen molar-refractivity contribution in [2.24, 2.45) is 22.7 Å². The van der Waals surface area contributed by atoms with Crippen molar-refractivity contribution in [1.29, 1.82) is 0 Å². The number of hydrogen-bond acceptors (Lipinski definition) is 2. The third-order valence-electron chi connectivity index (χ3n) is 10.7. The van der Waals surface area contributed by atoms with E-state index in [2.05, 4.69) is 13.8 Å². The highest BCUT2D eigenvalue weighted by Crippen LogP contribution is 2.61. The van der Waals surface area contributed by atoms with E-state index >= 15 is 0 Å². The Morgan fingerprint density at radius 1 is 0.629 bits per heavy atom. The predicted molar refractivity (Wildman–Crippen MR) is 150 cm³/mol. The Kier molecular flexibility index (Phi) is 13.0. The van der Waals surface area contributed by atoms with E-state index in [1.807, 2.05) is 0 Å². The van der Waals surface area contributed by atoms with Crippen molar-refractivity contribution in [3.63, 3.8) is 0 Å². The molecule has 0 aromatic rings. The molecule has 0 aromatic carbocycles. The van der Waals surface area contributed by atoms with Gasteiger partial charge in [-0.2, -0.15) is 0 Å². The van der Waals surface area contributed by atoms with Gasteiger partial charge in [0.15, 0.2) is 0 Å². The molecular weight excluding hydrogens is 428 g/mol. The van der Waals surface area contributed by atoms with Gasteiger partial charge in [-0.05, 0) is 68.6 Å². The zero-order chi connectivity index (χ0) is 24.8. The molecule has 0 atom stereocenters. The summed E-state index contributed by atoms with van der Waals surface area (Å²) in [4.78, 5) is 13.9. The molecule has 0 aromatic heterocycles. The fourth-order valence-corrected chi connectivity index (χ4v) is 8.39. The van der Waals surface area contributed by atoms with Crippen molar-refractivity contribution < 1.29 is 9.53 Å². The normalized spacial score (nSPS) is 27.5. The Labute approximate surface area is 219 Å². The van der Waals surface area contributed by atoms with Crippen LogP contribution in [0.4, 0.5) is 0 Å². The summed E-state index contributed by atoms with van der Waals surface area (Å²) in [7, 11) is 0. The first-order chi connectivity index (χ1) is 17.2. The minimum atomic E-state index is -0.183. The molecule has 0 saturated heterocycles. The molecule has 3 aliphatic rings. The maximum absolute atomic E-state index is 13.9. The molecule has 0 amide bonds. The Balaban J connectivity index is 1.67. The number of carbonyl (C=O) groups is 1. The van der Waals surface area contributed by atoms with E-state index in [1.165, 1.54) is 135 Å². The standard InChI is InChI=1S/C33H60O2/c1-3-5-7-8-9-10-11-16-23-32(26-21-30(22-27-32)29-19-14-12-15-20-29)33(24-17-13-18-25-33)31(34)35-28-6-4-2/h29-30H,3-28H2,1-2H3. The molecule has 3 saturated carbocycles. The SMILES string of the molecule is CCCCCCCCCCC1(C2(C(=O)OCCCC)CCCCC2)CCC(C2CCCCC2)CC1. The van der Waals surface area contributed by atoms with Gasteiger partial charge < -0.3 is 4.74 Å². The second-order valence-electron chi connectivity index (χ2n) is 12.9. The van der Waals surface area contributed by atoms with Gasteiger partial charge in [-0.15, -0.1) is 0 Å². The smallest absolute Gasteiger partial charge is 0.312 e. The second kappa shape index (κ2) is 15.7. The molecule has 0 radical (unpaired) electrons. The van der Waals surface area contributed by atoms with Gasteiger partial charge in [0.25, 0.3) is 0 Å². The lowest BCUT2D eigenvalue weighted by molar-refractivity contribution is -0.175. The Bertz CT molecular complexity index is 562. The van der Waals surface area contributed by atoms with Crippen LogP contribution < -0.4 is 0 Å². The number of ether oxygens (including phenoxy) is 1. The maximum atomic E-state index is 13.9. The lowest BCUT2D eigenvalue weighted by Crippen LogP contribution is -2.52. The van der Waals surface area contributed by atoms with Crippen molar-refractivity contribution in [1.82, 2.24) is 0 Å². The summed E-state index contributed by atoms with van der Waals surface area (Å²) in [6, 6.07) is 0. The van der Waals surface area contributed by atoms with Gasteiger partial charge >= 0.3 is 5.97 Å². The van der Waals surface area contributed by atoms with Crippen LogP contribution in [0.25, 0.3) is 0 Å². The summed E-state index contributed by atoms with van der Waals surface area (Å²) in [5, 5.41) is 0. The molecule has 204 valence electrons. The molecule has 3 fully saturated rings. The summed E-state index contributed by atoms with van der Waals surface area (Å²) in [6.45, 7) is 5.13. The van der Waals surface area contributed by atoms with E-state index in [9.17, 15) is 4.79 Å². The van der Waals surface area contributed by atoms with E-state index in [1.54, 1.807) is 0 Å². The van der Waals surface area contributed by atoms with Gasteiger partial charge in [0, 0.05) is 0 Å². The predicted octanol–water partition coefficient (Wildman–Crippen LogP) is 10.6. The average molecular weight is 489 g/mol. The van der Waals surface area contributed by atoms with Gasteiger partial charge in [-0.25, -0.2) is 0 Å². The summed E-state index contributed by atoms with van der Waals surface area (Å²) >= 11 is 0. The van der Waals surface area contributed by atoms with Crippen LogP contribution in [0.3, 0.4) is 0 Å². The molecule has 0 spiro atoms. The zero-order valence-electron chi connectivity index (χ0n) is 23.9. The summed E-state index contributed by atoms with van der Waals surface area (Å²) < 4.78 is 6.09. The Hall–Kier alpha value is -0.530. The summed E-state index contributed by atoms with van der Waals surface area (Å²) in [5.41, 5.74) is 0.0295. The van der Waals surface area contributed by atoms with Crippen molar-refractivity contribution in [2.75, 3.05) is 6.61 Å². The Morgan fingerprint density at radius 2 is 1.17 bits per heavy atom. The topological polar surface area (TPSA) is 26.3 Å². The second-order valence-corrected chi connectivity index (χ2v) is 12.9. The van der Waals surface area contributed by atoms with Crippen molar-refractivity contribution in [3.8, 4) is 0 Å². The number of rotatable bonds is 15. The molecule has 3 aliphatic carbocycles. The van der Waals surface area contributed by atoms with E-state index in [-0.39, 0.29) is 16.8 Å². The zero-order valence-corrected chi connectivity index (χ0v) is 23.9. The largest absolute Gasteiger partial charge is 0.465 e. The monoisotopic (exact) mass is 488 g/mol. The van der Waals surface area contributed by atoms with Crippen LogP contribution in [0, 0.1) is 22.7 Å². The quantitative estimate of drug-likeness (QED) is 0.169. The molecule has 0 heterocycles. The van der Waals surface area contributed by atoms with E-state index in [0.717, 1.165) is 37.5 Å². The van der Waals surface area contributed by atoms with Crippen molar-refractivity contribution in [2.45, 2.75) is 174 Å². The fraction of sp³-hybridized carbons (Fsp3) is 0.970. The van der Waals surface area contributed by atoms with Crippen LogP contribution in [0.2, 0.25) is 0 Å². The highest BCUT2D eigenvalue weighted by atomic mass is 16.5. The summed E-state index contributed by atoms with van der Waals surface area (Å²) in [6.07, 6.45) is 33.1. The number of esters is 1. The van der Waals surface area contributed by atoms with Gasteiger partial charge in [0.2, 0.25) is 0 Å². The highest BCUT2D eigenvalue weighted by molar-refractivity contribution is 5.78. The molecule has 0 N–H and O–H groups in total. The molecule has 2 nitrogen and oxygen atoms in total. The molecular formula is C33H60O2. The molecule has 3 rings (SSSR count).